The maximum atomic E-state index is 12.1. The quantitative estimate of drug-likeness (QED) is 0.863. The molecule has 2 rings (SSSR count). The largest absolute Gasteiger partial charge is 0.471 e. The number of aliphatic imine (C=N–C) groups is 1. The van der Waals surface area contributed by atoms with Gasteiger partial charge in [-0.2, -0.15) is 13.2 Å². The lowest BCUT2D eigenvalue weighted by Crippen LogP contribution is -2.31. The number of hydrogen-bond acceptors (Lipinski definition) is 3. The standard InChI is InChI=1S/C12H12F3N3O/c13-12(14,15)11(19)18-9-4-1-3-8(7-9)10-16-5-2-6-17-10/h1,3-4,7H,2,5-6H2,(H,16,17)(H,18,19). The second-order valence-corrected chi connectivity index (χ2v) is 4.04. The van der Waals surface area contributed by atoms with Crippen LogP contribution in [0.3, 0.4) is 0 Å². The van der Waals surface area contributed by atoms with Crippen molar-refractivity contribution >= 4 is 17.4 Å². The third-order valence-electron chi connectivity index (χ3n) is 2.55. The van der Waals surface area contributed by atoms with Gasteiger partial charge >= 0.3 is 12.1 Å². The summed E-state index contributed by atoms with van der Waals surface area (Å²) < 4.78 is 36.4. The number of nitrogens with one attached hydrogen (secondary N) is 2. The Morgan fingerprint density at radius 2 is 2.16 bits per heavy atom. The molecule has 0 atom stereocenters. The maximum Gasteiger partial charge on any atom is 0.471 e. The van der Waals surface area contributed by atoms with Crippen LogP contribution in [0.5, 0.6) is 0 Å². The van der Waals surface area contributed by atoms with Crippen LogP contribution < -0.4 is 10.6 Å². The molecule has 1 aliphatic rings. The van der Waals surface area contributed by atoms with E-state index in [0.29, 0.717) is 17.9 Å². The molecule has 1 aromatic carbocycles. The van der Waals surface area contributed by atoms with Gasteiger partial charge in [-0.3, -0.25) is 9.79 Å². The summed E-state index contributed by atoms with van der Waals surface area (Å²) in [4.78, 5) is 15.1. The molecule has 7 heteroatoms. The van der Waals surface area contributed by atoms with Gasteiger partial charge in [0.1, 0.15) is 5.84 Å². The van der Waals surface area contributed by atoms with E-state index in [4.69, 9.17) is 0 Å². The molecule has 4 nitrogen and oxygen atoms in total. The SMILES string of the molecule is O=C(Nc1cccc(C2=NCCCN2)c1)C(F)(F)F. The number of nitrogens with zero attached hydrogens (tertiary/aromatic N) is 1. The molecule has 0 aliphatic carbocycles. The van der Waals surface area contributed by atoms with Crippen molar-refractivity contribution in [3.8, 4) is 0 Å². The molecule has 0 saturated heterocycles. The topological polar surface area (TPSA) is 53.5 Å². The molecule has 0 unspecified atom stereocenters. The van der Waals surface area contributed by atoms with Crippen molar-refractivity contribution in [1.29, 1.82) is 0 Å². The Balaban J connectivity index is 2.15. The first-order valence-corrected chi connectivity index (χ1v) is 5.74. The molecule has 1 heterocycles. The molecule has 102 valence electrons. The highest BCUT2D eigenvalue weighted by Crippen LogP contribution is 2.19. The van der Waals surface area contributed by atoms with E-state index in [1.54, 1.807) is 12.1 Å². The smallest absolute Gasteiger partial charge is 0.370 e. The molecule has 0 saturated carbocycles. The highest BCUT2D eigenvalue weighted by atomic mass is 19.4. The number of amidine groups is 1. The third-order valence-corrected chi connectivity index (χ3v) is 2.55. The van der Waals surface area contributed by atoms with Crippen molar-refractivity contribution in [3.05, 3.63) is 29.8 Å². The number of amides is 1. The van der Waals surface area contributed by atoms with Crippen molar-refractivity contribution in [3.63, 3.8) is 0 Å². The van der Waals surface area contributed by atoms with Crippen molar-refractivity contribution in [2.75, 3.05) is 18.4 Å². The fourth-order valence-corrected chi connectivity index (χ4v) is 1.67. The summed E-state index contributed by atoms with van der Waals surface area (Å²) in [5.74, 6) is -1.35. The number of hydrogen-bond donors (Lipinski definition) is 2. The van der Waals surface area contributed by atoms with E-state index >= 15 is 0 Å². The van der Waals surface area contributed by atoms with Crippen molar-refractivity contribution in [2.24, 2.45) is 4.99 Å². The van der Waals surface area contributed by atoms with Gasteiger partial charge in [-0.15, -0.1) is 0 Å². The van der Waals surface area contributed by atoms with Crippen LogP contribution in [0, 0.1) is 0 Å². The molecule has 19 heavy (non-hydrogen) atoms. The van der Waals surface area contributed by atoms with Gasteiger partial charge in [0.15, 0.2) is 0 Å². The highest BCUT2D eigenvalue weighted by molar-refractivity contribution is 6.01. The minimum atomic E-state index is -4.89. The number of halogens is 3. The van der Waals surface area contributed by atoms with Crippen molar-refractivity contribution < 1.29 is 18.0 Å². The van der Waals surface area contributed by atoms with Gasteiger partial charge in [0.2, 0.25) is 0 Å². The molecule has 1 amide bonds. The zero-order chi connectivity index (χ0) is 13.9. The van der Waals surface area contributed by atoms with Gasteiger partial charge in [-0.25, -0.2) is 0 Å². The van der Waals surface area contributed by atoms with Crippen LogP contribution in [0.4, 0.5) is 18.9 Å². The van der Waals surface area contributed by atoms with Crippen LogP contribution in [0.2, 0.25) is 0 Å². The molecule has 1 aromatic rings. The summed E-state index contributed by atoms with van der Waals surface area (Å²) in [6.45, 7) is 1.46. The van der Waals surface area contributed by atoms with Gasteiger partial charge in [0.05, 0.1) is 0 Å². The lowest BCUT2D eigenvalue weighted by Gasteiger charge is -2.15. The Bertz CT molecular complexity index is 511. The van der Waals surface area contributed by atoms with Crippen molar-refractivity contribution in [2.45, 2.75) is 12.6 Å². The van der Waals surface area contributed by atoms with Gasteiger partial charge < -0.3 is 10.6 Å². The van der Waals surface area contributed by atoms with Gasteiger partial charge in [0.25, 0.3) is 0 Å². The fraction of sp³-hybridized carbons (Fsp3) is 0.333. The van der Waals surface area contributed by atoms with Gasteiger partial charge in [-0.05, 0) is 18.6 Å². The number of anilines is 1. The minimum Gasteiger partial charge on any atom is -0.370 e. The van der Waals surface area contributed by atoms with E-state index in [-0.39, 0.29) is 5.69 Å². The third kappa shape index (κ3) is 3.46. The summed E-state index contributed by atoms with van der Waals surface area (Å²) in [5, 5.41) is 4.88. The van der Waals surface area contributed by atoms with Crippen LogP contribution in [-0.4, -0.2) is 31.0 Å². The van der Waals surface area contributed by atoms with Gasteiger partial charge in [-0.1, -0.05) is 12.1 Å². The Morgan fingerprint density at radius 3 is 2.79 bits per heavy atom. The average molecular weight is 271 g/mol. The van der Waals surface area contributed by atoms with E-state index in [1.165, 1.54) is 12.1 Å². The Kier molecular flexibility index (Phi) is 3.73. The molecule has 2 N–H and O–H groups in total. The monoisotopic (exact) mass is 271 g/mol. The number of carbonyl (C=O) groups excluding carboxylic acids is 1. The van der Waals surface area contributed by atoms with Crippen LogP contribution in [0.15, 0.2) is 29.3 Å². The fourth-order valence-electron chi connectivity index (χ4n) is 1.67. The van der Waals surface area contributed by atoms with E-state index in [9.17, 15) is 18.0 Å². The molecule has 0 bridgehead atoms. The molecule has 0 spiro atoms. The highest BCUT2D eigenvalue weighted by Gasteiger charge is 2.38. The van der Waals surface area contributed by atoms with Gasteiger partial charge in [0, 0.05) is 24.3 Å². The lowest BCUT2D eigenvalue weighted by molar-refractivity contribution is -0.167. The zero-order valence-corrected chi connectivity index (χ0v) is 9.92. The van der Waals surface area contributed by atoms with E-state index < -0.39 is 12.1 Å². The van der Waals surface area contributed by atoms with Crippen molar-refractivity contribution in [1.82, 2.24) is 5.32 Å². The molecular weight excluding hydrogens is 259 g/mol. The number of carbonyl (C=O) groups is 1. The van der Waals surface area contributed by atoms with E-state index in [0.717, 1.165) is 13.0 Å². The Morgan fingerprint density at radius 1 is 1.37 bits per heavy atom. The lowest BCUT2D eigenvalue weighted by atomic mass is 10.1. The molecule has 0 aromatic heterocycles. The van der Waals surface area contributed by atoms with Crippen LogP contribution in [-0.2, 0) is 4.79 Å². The molecule has 0 fully saturated rings. The first-order valence-electron chi connectivity index (χ1n) is 5.74. The predicted molar refractivity (Wildman–Crippen MR) is 65.2 cm³/mol. The number of alkyl halides is 3. The molecular formula is C12H12F3N3O. The molecule has 0 radical (unpaired) electrons. The number of benzene rings is 1. The summed E-state index contributed by atoms with van der Waals surface area (Å²) in [7, 11) is 0. The predicted octanol–water partition coefficient (Wildman–Crippen LogP) is 1.93. The average Bonchev–Trinajstić information content (AvgIpc) is 2.39. The van der Waals surface area contributed by atoms with Crippen LogP contribution >= 0.6 is 0 Å². The summed E-state index contributed by atoms with van der Waals surface area (Å²) >= 11 is 0. The second-order valence-electron chi connectivity index (χ2n) is 4.04. The first kappa shape index (κ1) is 13.4. The summed E-state index contributed by atoms with van der Waals surface area (Å²) in [6, 6.07) is 6.15. The van der Waals surface area contributed by atoms with Crippen LogP contribution in [0.25, 0.3) is 0 Å². The maximum absolute atomic E-state index is 12.1. The Hall–Kier alpha value is -2.05. The molecule has 1 aliphatic heterocycles. The van der Waals surface area contributed by atoms with E-state index in [2.05, 4.69) is 10.3 Å². The Labute approximate surface area is 107 Å². The number of rotatable bonds is 2. The minimum absolute atomic E-state index is 0.0925. The second kappa shape index (κ2) is 5.29. The first-order chi connectivity index (χ1) is 8.97. The summed E-state index contributed by atoms with van der Waals surface area (Å²) in [6.07, 6.45) is -3.97. The van der Waals surface area contributed by atoms with E-state index in [1.807, 2.05) is 5.32 Å². The normalized spacial score (nSPS) is 15.4. The van der Waals surface area contributed by atoms with Crippen LogP contribution in [0.1, 0.15) is 12.0 Å². The zero-order valence-electron chi connectivity index (χ0n) is 9.92. The summed E-state index contributed by atoms with van der Waals surface area (Å²) in [5.41, 5.74) is 0.745.